The summed E-state index contributed by atoms with van der Waals surface area (Å²) in [5.74, 6) is 0. The van der Waals surface area contributed by atoms with E-state index < -0.39 is 10.0 Å². The summed E-state index contributed by atoms with van der Waals surface area (Å²) in [6.07, 6.45) is 0. The Labute approximate surface area is 133 Å². The van der Waals surface area contributed by atoms with E-state index in [1.807, 2.05) is 31.2 Å². The maximum Gasteiger partial charge on any atom is 0.243 e. The molecule has 0 amide bonds. The minimum Gasteiger partial charge on any atom is -0.398 e. The summed E-state index contributed by atoms with van der Waals surface area (Å²) in [5.41, 5.74) is 7.88. The fourth-order valence-electron chi connectivity index (χ4n) is 2.03. The molecule has 0 saturated heterocycles. The first-order chi connectivity index (χ1) is 9.79. The molecule has 6 heteroatoms. The number of hydrogen-bond acceptors (Lipinski definition) is 3. The molecule has 0 aliphatic rings. The molecule has 0 spiro atoms. The van der Waals surface area contributed by atoms with Crippen molar-refractivity contribution in [2.75, 3.05) is 5.73 Å². The number of hydrogen-bond donors (Lipinski definition) is 2. The van der Waals surface area contributed by atoms with E-state index in [0.717, 1.165) is 15.6 Å². The molecule has 0 aromatic heterocycles. The van der Waals surface area contributed by atoms with Crippen LogP contribution in [0.5, 0.6) is 0 Å². The van der Waals surface area contributed by atoms with Gasteiger partial charge in [0.25, 0.3) is 0 Å². The van der Waals surface area contributed by atoms with E-state index >= 15 is 0 Å². The fraction of sp³-hybridized carbons (Fsp3) is 0.200. The number of nitrogens with one attached hydrogen (secondary N) is 1. The number of rotatable bonds is 4. The molecule has 0 bridgehead atoms. The van der Waals surface area contributed by atoms with Crippen molar-refractivity contribution in [1.82, 2.24) is 4.72 Å². The molecular weight excluding hydrogens is 352 g/mol. The first-order valence-corrected chi connectivity index (χ1v) is 8.71. The second kappa shape index (κ2) is 6.17. The van der Waals surface area contributed by atoms with Crippen molar-refractivity contribution in [3.63, 3.8) is 0 Å². The number of benzene rings is 2. The first kappa shape index (κ1) is 16.0. The first-order valence-electron chi connectivity index (χ1n) is 6.43. The molecule has 2 aromatic carbocycles. The van der Waals surface area contributed by atoms with E-state index in [9.17, 15) is 8.42 Å². The van der Waals surface area contributed by atoms with Crippen molar-refractivity contribution in [2.24, 2.45) is 0 Å². The minimum atomic E-state index is -3.65. The number of sulfonamides is 1. The molecule has 2 rings (SSSR count). The Kier molecular flexibility index (Phi) is 4.70. The van der Waals surface area contributed by atoms with Gasteiger partial charge in [-0.2, -0.15) is 0 Å². The van der Waals surface area contributed by atoms with Gasteiger partial charge in [-0.1, -0.05) is 34.1 Å². The Hall–Kier alpha value is -1.37. The van der Waals surface area contributed by atoms with Crippen LogP contribution >= 0.6 is 15.9 Å². The summed E-state index contributed by atoms with van der Waals surface area (Å²) in [4.78, 5) is 0.108. The Morgan fingerprint density at radius 2 is 1.76 bits per heavy atom. The summed E-state index contributed by atoms with van der Waals surface area (Å²) in [6.45, 7) is 3.66. The highest BCUT2D eigenvalue weighted by molar-refractivity contribution is 9.10. The third kappa shape index (κ3) is 3.84. The van der Waals surface area contributed by atoms with Crippen LogP contribution in [-0.2, 0) is 10.0 Å². The van der Waals surface area contributed by atoms with E-state index in [1.54, 1.807) is 19.1 Å². The number of aryl methyl sites for hydroxylation is 1. The Morgan fingerprint density at radius 1 is 1.14 bits per heavy atom. The highest BCUT2D eigenvalue weighted by atomic mass is 79.9. The molecule has 0 fully saturated rings. The van der Waals surface area contributed by atoms with E-state index in [1.165, 1.54) is 6.07 Å². The van der Waals surface area contributed by atoms with Crippen LogP contribution in [0.15, 0.2) is 51.8 Å². The number of halogens is 1. The quantitative estimate of drug-likeness (QED) is 0.812. The van der Waals surface area contributed by atoms with Gasteiger partial charge in [-0.05, 0) is 49.2 Å². The summed E-state index contributed by atoms with van der Waals surface area (Å²) >= 11 is 3.35. The van der Waals surface area contributed by atoms with Gasteiger partial charge in [-0.15, -0.1) is 0 Å². The average molecular weight is 369 g/mol. The van der Waals surface area contributed by atoms with Crippen molar-refractivity contribution < 1.29 is 8.42 Å². The van der Waals surface area contributed by atoms with Gasteiger partial charge < -0.3 is 5.73 Å². The van der Waals surface area contributed by atoms with Crippen LogP contribution in [0.25, 0.3) is 0 Å². The monoisotopic (exact) mass is 368 g/mol. The van der Waals surface area contributed by atoms with Crippen molar-refractivity contribution >= 4 is 31.6 Å². The van der Waals surface area contributed by atoms with Crippen LogP contribution in [0.3, 0.4) is 0 Å². The van der Waals surface area contributed by atoms with Crippen LogP contribution in [0.4, 0.5) is 5.69 Å². The molecule has 1 atom stereocenters. The normalized spacial score (nSPS) is 13.1. The standard InChI is InChI=1S/C15H17BrN2O2S/c1-10-3-8-15(14(17)9-10)21(19,20)18-11(2)12-4-6-13(16)7-5-12/h3-9,11,18H,17H2,1-2H3/t11-/m0/s1. The minimum absolute atomic E-state index is 0.108. The van der Waals surface area contributed by atoms with Gasteiger partial charge in [-0.3, -0.25) is 0 Å². The molecule has 2 aromatic rings. The lowest BCUT2D eigenvalue weighted by Crippen LogP contribution is -2.27. The average Bonchev–Trinajstić information content (AvgIpc) is 2.38. The highest BCUT2D eigenvalue weighted by Gasteiger charge is 2.20. The van der Waals surface area contributed by atoms with Gasteiger partial charge in [0.05, 0.1) is 5.69 Å². The Bertz CT molecular complexity index is 743. The molecule has 0 aliphatic carbocycles. The molecule has 4 nitrogen and oxygen atoms in total. The van der Waals surface area contributed by atoms with Gasteiger partial charge >= 0.3 is 0 Å². The van der Waals surface area contributed by atoms with Crippen LogP contribution in [0.2, 0.25) is 0 Å². The van der Waals surface area contributed by atoms with Crippen LogP contribution in [0.1, 0.15) is 24.1 Å². The predicted octanol–water partition coefficient (Wildman–Crippen LogP) is 3.38. The van der Waals surface area contributed by atoms with Gasteiger partial charge in [0, 0.05) is 10.5 Å². The Morgan fingerprint density at radius 3 is 2.33 bits per heavy atom. The van der Waals surface area contributed by atoms with E-state index in [0.29, 0.717) is 0 Å². The van der Waals surface area contributed by atoms with Gasteiger partial charge in [-0.25, -0.2) is 13.1 Å². The zero-order valence-corrected chi connectivity index (χ0v) is 14.2. The van der Waals surface area contributed by atoms with Crippen LogP contribution < -0.4 is 10.5 Å². The molecule has 0 radical (unpaired) electrons. The topological polar surface area (TPSA) is 72.2 Å². The zero-order chi connectivity index (χ0) is 15.6. The summed E-state index contributed by atoms with van der Waals surface area (Å²) in [7, 11) is -3.65. The maximum atomic E-state index is 12.4. The van der Waals surface area contributed by atoms with Crippen molar-refractivity contribution in [1.29, 1.82) is 0 Å². The Balaban J connectivity index is 2.26. The van der Waals surface area contributed by atoms with E-state index in [2.05, 4.69) is 20.7 Å². The lowest BCUT2D eigenvalue weighted by Gasteiger charge is -2.16. The smallest absolute Gasteiger partial charge is 0.243 e. The molecule has 112 valence electrons. The second-order valence-corrected chi connectivity index (χ2v) is 7.53. The molecule has 0 saturated carbocycles. The molecule has 0 unspecified atom stereocenters. The SMILES string of the molecule is Cc1ccc(S(=O)(=O)N[C@@H](C)c2ccc(Br)cc2)c(N)c1. The van der Waals surface area contributed by atoms with E-state index in [-0.39, 0.29) is 16.6 Å². The predicted molar refractivity (Wildman–Crippen MR) is 88.5 cm³/mol. The molecule has 0 aliphatic heterocycles. The third-order valence-electron chi connectivity index (χ3n) is 3.16. The van der Waals surface area contributed by atoms with Crippen LogP contribution in [0, 0.1) is 6.92 Å². The number of anilines is 1. The highest BCUT2D eigenvalue weighted by Crippen LogP contribution is 2.23. The maximum absolute atomic E-state index is 12.4. The molecule has 0 heterocycles. The molecular formula is C15H17BrN2O2S. The zero-order valence-electron chi connectivity index (χ0n) is 11.8. The fourth-order valence-corrected chi connectivity index (χ4v) is 3.64. The lowest BCUT2D eigenvalue weighted by molar-refractivity contribution is 0.567. The van der Waals surface area contributed by atoms with Gasteiger partial charge in [0.2, 0.25) is 10.0 Å². The third-order valence-corrected chi connectivity index (χ3v) is 5.30. The van der Waals surface area contributed by atoms with E-state index in [4.69, 9.17) is 5.73 Å². The van der Waals surface area contributed by atoms with Gasteiger partial charge in [0.15, 0.2) is 0 Å². The summed E-state index contributed by atoms with van der Waals surface area (Å²) in [6, 6.07) is 12.1. The largest absolute Gasteiger partial charge is 0.398 e. The second-order valence-electron chi connectivity index (χ2n) is 4.94. The number of nitrogens with two attached hydrogens (primary N) is 1. The number of nitrogen functional groups attached to an aromatic ring is 1. The van der Waals surface area contributed by atoms with Crippen molar-refractivity contribution in [3.8, 4) is 0 Å². The molecule has 21 heavy (non-hydrogen) atoms. The van der Waals surface area contributed by atoms with Crippen molar-refractivity contribution in [2.45, 2.75) is 24.8 Å². The molecule has 3 N–H and O–H groups in total. The lowest BCUT2D eigenvalue weighted by atomic mass is 10.1. The summed E-state index contributed by atoms with van der Waals surface area (Å²) in [5, 5.41) is 0. The van der Waals surface area contributed by atoms with Crippen LogP contribution in [-0.4, -0.2) is 8.42 Å². The van der Waals surface area contributed by atoms with Crippen molar-refractivity contribution in [3.05, 3.63) is 58.1 Å². The summed E-state index contributed by atoms with van der Waals surface area (Å²) < 4.78 is 28.4. The van der Waals surface area contributed by atoms with Gasteiger partial charge in [0.1, 0.15) is 4.90 Å².